The van der Waals surface area contributed by atoms with E-state index in [4.69, 9.17) is 16.3 Å². The zero-order valence-corrected chi connectivity index (χ0v) is 21.6. The van der Waals surface area contributed by atoms with Crippen LogP contribution in [-0.2, 0) is 0 Å². The smallest absolute Gasteiger partial charge is 0.161 e. The first kappa shape index (κ1) is 24.3. The summed E-state index contributed by atoms with van der Waals surface area (Å²) in [6.45, 7) is 0. The minimum Gasteiger partial charge on any atom is -0.457 e. The fourth-order valence-electron chi connectivity index (χ4n) is 4.22. The van der Waals surface area contributed by atoms with Crippen LogP contribution in [0.1, 0.15) is 11.3 Å². The summed E-state index contributed by atoms with van der Waals surface area (Å²) in [4.78, 5) is 4.42. The Hall–Kier alpha value is -5.00. The maximum Gasteiger partial charge on any atom is 0.161 e. The molecule has 0 fully saturated rings. The molecular weight excluding hydrogens is 504 g/mol. The molecule has 2 aromatic heterocycles. The third-order valence-corrected chi connectivity index (χ3v) is 6.41. The van der Waals surface area contributed by atoms with Crippen molar-refractivity contribution in [3.05, 3.63) is 138 Å². The van der Waals surface area contributed by atoms with Crippen molar-refractivity contribution in [1.29, 1.82) is 0 Å². The second kappa shape index (κ2) is 11.2. The molecule has 39 heavy (non-hydrogen) atoms. The molecule has 0 saturated heterocycles. The van der Waals surface area contributed by atoms with Gasteiger partial charge in [-0.3, -0.25) is 4.98 Å². The molecule has 0 saturated carbocycles. The van der Waals surface area contributed by atoms with Crippen molar-refractivity contribution in [3.63, 3.8) is 0 Å². The van der Waals surface area contributed by atoms with Crippen LogP contribution in [0.15, 0.2) is 121 Å². The molecule has 188 valence electrons. The summed E-state index contributed by atoms with van der Waals surface area (Å²) in [6.07, 6.45) is 5.74. The van der Waals surface area contributed by atoms with E-state index in [0.29, 0.717) is 16.6 Å². The van der Waals surface area contributed by atoms with Gasteiger partial charge in [-0.1, -0.05) is 84.4 Å². The summed E-state index contributed by atoms with van der Waals surface area (Å²) in [5.74, 6) is 2.12. The van der Waals surface area contributed by atoms with Crippen molar-refractivity contribution < 1.29 is 4.74 Å². The Bertz CT molecular complexity index is 1750. The highest BCUT2D eigenvalue weighted by atomic mass is 35.5. The van der Waals surface area contributed by atoms with Crippen LogP contribution >= 0.6 is 11.6 Å². The van der Waals surface area contributed by atoms with Crippen molar-refractivity contribution in [3.8, 4) is 22.8 Å². The predicted molar refractivity (Wildman–Crippen MR) is 159 cm³/mol. The average molecular weight is 527 g/mol. The number of ether oxygens (including phenoxy) is 1. The molecule has 6 rings (SSSR count). The Balaban J connectivity index is 1.18. The van der Waals surface area contributed by atoms with E-state index in [1.807, 2.05) is 115 Å². The normalized spacial score (nSPS) is 11.1. The van der Waals surface area contributed by atoms with Crippen molar-refractivity contribution in [2.24, 2.45) is 0 Å². The molecule has 4 aromatic carbocycles. The second-order valence-electron chi connectivity index (χ2n) is 8.86. The van der Waals surface area contributed by atoms with Crippen molar-refractivity contribution >= 4 is 46.0 Å². The maximum atomic E-state index is 6.08. The van der Waals surface area contributed by atoms with Crippen molar-refractivity contribution in [2.45, 2.75) is 0 Å². The lowest BCUT2D eigenvalue weighted by molar-refractivity contribution is 0.482. The van der Waals surface area contributed by atoms with Gasteiger partial charge in [-0.05, 0) is 54.1 Å². The summed E-state index contributed by atoms with van der Waals surface area (Å²) in [5.41, 5.74) is 4.59. The number of benzene rings is 4. The molecule has 0 spiro atoms. The van der Waals surface area contributed by atoms with Crippen LogP contribution in [0.4, 0.5) is 11.5 Å². The van der Waals surface area contributed by atoms with Crippen LogP contribution in [0.2, 0.25) is 5.02 Å². The van der Waals surface area contributed by atoms with Gasteiger partial charge in [-0.2, -0.15) is 0 Å². The number of rotatable bonds is 7. The van der Waals surface area contributed by atoms with Gasteiger partial charge >= 0.3 is 0 Å². The number of pyridine rings is 1. The number of fused-ring (bicyclic) bond motifs is 1. The Morgan fingerprint density at radius 3 is 2.21 bits per heavy atom. The first-order valence-corrected chi connectivity index (χ1v) is 12.8. The standard InChI is InChI=1S/C33H23ClN4O/c34-25-13-11-24(12-14-25)32-30-8-4-5-9-31(30)33(38-37-32)36-26-16-18-28(19-17-26)39-29-20-21-35-27(22-29)15-10-23-6-2-1-3-7-23/h1-22H,(H,36,38)/b15-10+. The Morgan fingerprint density at radius 1 is 0.667 bits per heavy atom. The highest BCUT2D eigenvalue weighted by Gasteiger charge is 2.11. The summed E-state index contributed by atoms with van der Waals surface area (Å²) in [5, 5.41) is 15.1. The number of hydrogen-bond acceptors (Lipinski definition) is 5. The molecule has 2 heterocycles. The molecule has 0 bridgehead atoms. The topological polar surface area (TPSA) is 59.9 Å². The zero-order valence-electron chi connectivity index (χ0n) is 20.8. The number of nitrogens with zero attached hydrogens (tertiary/aromatic N) is 3. The van der Waals surface area contributed by atoms with Crippen LogP contribution in [0.5, 0.6) is 11.5 Å². The zero-order chi connectivity index (χ0) is 26.4. The minimum absolute atomic E-state index is 0.681. The van der Waals surface area contributed by atoms with E-state index < -0.39 is 0 Å². The lowest BCUT2D eigenvalue weighted by Gasteiger charge is -2.12. The number of halogens is 1. The molecule has 6 heteroatoms. The Kier molecular flexibility index (Phi) is 6.97. The molecule has 0 aliphatic carbocycles. The highest BCUT2D eigenvalue weighted by Crippen LogP contribution is 2.32. The van der Waals surface area contributed by atoms with E-state index in [2.05, 4.69) is 32.6 Å². The van der Waals surface area contributed by atoms with Crippen LogP contribution in [0, 0.1) is 0 Å². The van der Waals surface area contributed by atoms with E-state index in [1.54, 1.807) is 6.20 Å². The summed E-state index contributed by atoms with van der Waals surface area (Å²) in [6, 6.07) is 37.3. The third-order valence-electron chi connectivity index (χ3n) is 6.16. The maximum absolute atomic E-state index is 6.08. The monoisotopic (exact) mass is 526 g/mol. The predicted octanol–water partition coefficient (Wildman–Crippen LogP) is 9.05. The molecule has 6 aromatic rings. The fraction of sp³-hybridized carbons (Fsp3) is 0. The Labute approximate surface area is 231 Å². The van der Waals surface area contributed by atoms with Gasteiger partial charge in [0.1, 0.15) is 17.2 Å². The fourth-order valence-corrected chi connectivity index (χ4v) is 4.35. The van der Waals surface area contributed by atoms with Crippen LogP contribution < -0.4 is 10.1 Å². The minimum atomic E-state index is 0.681. The largest absolute Gasteiger partial charge is 0.457 e. The van der Waals surface area contributed by atoms with Gasteiger partial charge in [0.25, 0.3) is 0 Å². The van der Waals surface area contributed by atoms with Gasteiger partial charge < -0.3 is 10.1 Å². The molecular formula is C33H23ClN4O. The number of nitrogens with one attached hydrogen (secondary N) is 1. The molecule has 5 nitrogen and oxygen atoms in total. The van der Waals surface area contributed by atoms with E-state index in [-0.39, 0.29) is 0 Å². The van der Waals surface area contributed by atoms with Crippen molar-refractivity contribution in [1.82, 2.24) is 15.2 Å². The first-order valence-electron chi connectivity index (χ1n) is 12.5. The van der Waals surface area contributed by atoms with Gasteiger partial charge in [0.15, 0.2) is 5.82 Å². The van der Waals surface area contributed by atoms with E-state index in [9.17, 15) is 0 Å². The van der Waals surface area contributed by atoms with Gasteiger partial charge in [0.05, 0.1) is 5.69 Å². The molecule has 1 N–H and O–H groups in total. The van der Waals surface area contributed by atoms with Crippen LogP contribution in [-0.4, -0.2) is 15.2 Å². The van der Waals surface area contributed by atoms with Crippen molar-refractivity contribution in [2.75, 3.05) is 5.32 Å². The average Bonchev–Trinajstić information content (AvgIpc) is 2.99. The third kappa shape index (κ3) is 5.79. The van der Waals surface area contributed by atoms with Gasteiger partial charge in [-0.15, -0.1) is 10.2 Å². The quantitative estimate of drug-likeness (QED) is 0.225. The lowest BCUT2D eigenvalue weighted by atomic mass is 10.0. The molecule has 0 unspecified atom stereocenters. The lowest BCUT2D eigenvalue weighted by Crippen LogP contribution is -1.99. The number of hydrogen-bond donors (Lipinski definition) is 1. The molecule has 0 aliphatic rings. The second-order valence-corrected chi connectivity index (χ2v) is 9.30. The van der Waals surface area contributed by atoms with Gasteiger partial charge in [0.2, 0.25) is 0 Å². The summed E-state index contributed by atoms with van der Waals surface area (Å²) in [7, 11) is 0. The number of anilines is 2. The summed E-state index contributed by atoms with van der Waals surface area (Å²) >= 11 is 6.07. The molecule has 0 aliphatic heterocycles. The van der Waals surface area contributed by atoms with Gasteiger partial charge in [0, 0.05) is 39.3 Å². The molecule has 0 radical (unpaired) electrons. The molecule has 0 amide bonds. The number of aromatic nitrogens is 3. The van der Waals surface area contributed by atoms with Gasteiger partial charge in [-0.25, -0.2) is 0 Å². The summed E-state index contributed by atoms with van der Waals surface area (Å²) < 4.78 is 6.08. The van der Waals surface area contributed by atoms with E-state index >= 15 is 0 Å². The van der Waals surface area contributed by atoms with E-state index in [0.717, 1.165) is 44.7 Å². The van der Waals surface area contributed by atoms with Crippen LogP contribution in [0.3, 0.4) is 0 Å². The van der Waals surface area contributed by atoms with Crippen LogP contribution in [0.25, 0.3) is 34.2 Å². The first-order chi connectivity index (χ1) is 19.2. The Morgan fingerprint density at radius 2 is 1.41 bits per heavy atom. The van der Waals surface area contributed by atoms with E-state index in [1.165, 1.54) is 0 Å². The highest BCUT2D eigenvalue weighted by molar-refractivity contribution is 6.30. The molecule has 0 atom stereocenters. The SMILES string of the molecule is Clc1ccc(-c2nnc(Nc3ccc(Oc4ccnc(/C=C/c5ccccc5)c4)cc3)c3ccccc23)cc1.